The first-order valence-electron chi connectivity index (χ1n) is 5.68. The average Bonchev–Trinajstić information content (AvgIpc) is 2.53. The highest BCUT2D eigenvalue weighted by molar-refractivity contribution is 7.91. The van der Waals surface area contributed by atoms with E-state index in [4.69, 9.17) is 4.74 Å². The summed E-state index contributed by atoms with van der Waals surface area (Å²) in [6.45, 7) is 5.70. The molecule has 1 aromatic heterocycles. The van der Waals surface area contributed by atoms with Gasteiger partial charge in [0.1, 0.15) is 0 Å². The van der Waals surface area contributed by atoms with E-state index >= 15 is 0 Å². The summed E-state index contributed by atoms with van der Waals surface area (Å²) >= 11 is 0. The second-order valence-electron chi connectivity index (χ2n) is 4.37. The van der Waals surface area contributed by atoms with Crippen LogP contribution in [0.2, 0.25) is 0 Å². The van der Waals surface area contributed by atoms with Crippen molar-refractivity contribution in [1.29, 1.82) is 0 Å². The Hall–Kier alpha value is -1.04. The lowest BCUT2D eigenvalue weighted by atomic mass is 10.5. The number of sulfone groups is 1. The van der Waals surface area contributed by atoms with E-state index in [9.17, 15) is 8.42 Å². The molecule has 1 rings (SSSR count). The Morgan fingerprint density at radius 1 is 1.47 bits per heavy atom. The highest BCUT2D eigenvalue weighted by Gasteiger charge is 2.15. The molecule has 0 aliphatic rings. The molecule has 0 saturated heterocycles. The van der Waals surface area contributed by atoms with Gasteiger partial charge in [-0.05, 0) is 27.2 Å². The van der Waals surface area contributed by atoms with Gasteiger partial charge in [0.25, 0.3) is 0 Å². The molecular formula is C11H20N2O3S. The van der Waals surface area contributed by atoms with Gasteiger partial charge < -0.3 is 4.74 Å². The van der Waals surface area contributed by atoms with Crippen LogP contribution in [0.25, 0.3) is 0 Å². The van der Waals surface area contributed by atoms with Crippen LogP contribution in [0.1, 0.15) is 26.0 Å². The minimum Gasteiger partial charge on any atom is -0.477 e. The van der Waals surface area contributed by atoms with Gasteiger partial charge in [0.2, 0.25) is 5.88 Å². The van der Waals surface area contributed by atoms with E-state index in [0.717, 1.165) is 5.69 Å². The summed E-state index contributed by atoms with van der Waals surface area (Å²) in [4.78, 5) is 0. The Labute approximate surface area is 103 Å². The summed E-state index contributed by atoms with van der Waals surface area (Å²) in [7, 11) is -1.12. The summed E-state index contributed by atoms with van der Waals surface area (Å²) in [5.41, 5.74) is 1.01. The Morgan fingerprint density at radius 2 is 2.12 bits per heavy atom. The van der Waals surface area contributed by atoms with Gasteiger partial charge in [0.15, 0.2) is 9.84 Å². The van der Waals surface area contributed by atoms with Crippen LogP contribution in [0.3, 0.4) is 0 Å². The van der Waals surface area contributed by atoms with Crippen molar-refractivity contribution in [3.05, 3.63) is 11.8 Å². The molecule has 0 unspecified atom stereocenters. The largest absolute Gasteiger partial charge is 0.477 e. The lowest BCUT2D eigenvalue weighted by molar-refractivity contribution is 0.302. The molecule has 98 valence electrons. The minimum absolute atomic E-state index is 0.163. The van der Waals surface area contributed by atoms with E-state index in [1.165, 1.54) is 0 Å². The van der Waals surface area contributed by atoms with E-state index in [2.05, 4.69) is 5.10 Å². The molecule has 0 aliphatic carbocycles. The molecule has 1 aromatic rings. The number of aromatic nitrogens is 2. The molecule has 6 heteroatoms. The lowest BCUT2D eigenvalue weighted by Crippen LogP contribution is -2.19. The molecule has 0 N–H and O–H groups in total. The van der Waals surface area contributed by atoms with Crippen LogP contribution in [-0.4, -0.2) is 35.8 Å². The molecule has 0 spiro atoms. The van der Waals surface area contributed by atoms with Crippen LogP contribution >= 0.6 is 0 Å². The highest BCUT2D eigenvalue weighted by atomic mass is 32.2. The summed E-state index contributed by atoms with van der Waals surface area (Å²) < 4.78 is 30.2. The predicted molar refractivity (Wildman–Crippen MR) is 67.0 cm³/mol. The fourth-order valence-electron chi connectivity index (χ4n) is 1.27. The highest BCUT2D eigenvalue weighted by Crippen LogP contribution is 2.10. The normalized spacial score (nSPS) is 12.1. The third-order valence-electron chi connectivity index (χ3n) is 2.63. The Bertz CT molecular complexity index is 444. The number of aryl methyl sites for hydroxylation is 2. The summed E-state index contributed by atoms with van der Waals surface area (Å²) in [6, 6.07) is 1.83. The number of hydrogen-bond acceptors (Lipinski definition) is 4. The summed E-state index contributed by atoms with van der Waals surface area (Å²) in [6.07, 6.45) is 0.496. The molecule has 0 amide bonds. The van der Waals surface area contributed by atoms with Crippen LogP contribution in [0.15, 0.2) is 6.07 Å². The van der Waals surface area contributed by atoms with Crippen molar-refractivity contribution < 1.29 is 13.2 Å². The lowest BCUT2D eigenvalue weighted by Gasteiger charge is -2.07. The Kier molecular flexibility index (Phi) is 4.56. The maximum Gasteiger partial charge on any atom is 0.232 e. The second kappa shape index (κ2) is 5.53. The second-order valence-corrected chi connectivity index (χ2v) is 7.04. The van der Waals surface area contributed by atoms with Gasteiger partial charge in [-0.3, -0.25) is 4.68 Å². The van der Waals surface area contributed by atoms with Gasteiger partial charge in [-0.1, -0.05) is 0 Å². The molecule has 5 nitrogen and oxygen atoms in total. The minimum atomic E-state index is -2.96. The van der Waals surface area contributed by atoms with Crippen molar-refractivity contribution >= 4 is 9.84 Å². The molecule has 0 aromatic carbocycles. The molecule has 1 heterocycles. The Morgan fingerprint density at radius 3 is 2.59 bits per heavy atom. The van der Waals surface area contributed by atoms with Crippen molar-refractivity contribution in [2.45, 2.75) is 32.4 Å². The topological polar surface area (TPSA) is 61.2 Å². The quantitative estimate of drug-likeness (QED) is 0.724. The van der Waals surface area contributed by atoms with Crippen LogP contribution < -0.4 is 4.74 Å². The van der Waals surface area contributed by atoms with Crippen molar-refractivity contribution in [3.8, 4) is 5.88 Å². The third kappa shape index (κ3) is 4.03. The Balaban J connectivity index is 2.34. The first-order valence-corrected chi connectivity index (χ1v) is 7.39. The van der Waals surface area contributed by atoms with Gasteiger partial charge in [-0.2, -0.15) is 0 Å². The zero-order valence-corrected chi connectivity index (χ0v) is 11.6. The number of nitrogens with zero attached hydrogens (tertiary/aromatic N) is 2. The van der Waals surface area contributed by atoms with E-state index < -0.39 is 9.84 Å². The molecule has 0 fully saturated rings. The third-order valence-corrected chi connectivity index (χ3v) is 4.93. The first-order chi connectivity index (χ1) is 7.83. The van der Waals surface area contributed by atoms with E-state index in [0.29, 0.717) is 18.9 Å². The molecule has 0 atom stereocenters. The number of rotatable bonds is 6. The van der Waals surface area contributed by atoms with E-state index in [-0.39, 0.29) is 11.0 Å². The standard InChI is InChI=1S/C11H20N2O3S/c1-9(2)17(14,15)7-5-6-16-11-8-10(3)13(4)12-11/h8-9H,5-7H2,1-4H3. The zero-order valence-electron chi connectivity index (χ0n) is 10.8. The maximum atomic E-state index is 11.5. The van der Waals surface area contributed by atoms with E-state index in [1.54, 1.807) is 18.5 Å². The van der Waals surface area contributed by atoms with Crippen LogP contribution in [0.5, 0.6) is 5.88 Å². The fourth-order valence-corrected chi connectivity index (χ4v) is 2.26. The molecule has 0 bridgehead atoms. The smallest absolute Gasteiger partial charge is 0.232 e. The van der Waals surface area contributed by atoms with Crippen LogP contribution in [0, 0.1) is 6.92 Å². The average molecular weight is 260 g/mol. The van der Waals surface area contributed by atoms with Crippen molar-refractivity contribution in [2.24, 2.45) is 7.05 Å². The van der Waals surface area contributed by atoms with Gasteiger partial charge in [0.05, 0.1) is 17.6 Å². The zero-order chi connectivity index (χ0) is 13.1. The summed E-state index contributed by atoms with van der Waals surface area (Å²) in [5, 5.41) is 3.80. The molecule has 0 aliphatic heterocycles. The molecule has 17 heavy (non-hydrogen) atoms. The monoisotopic (exact) mass is 260 g/mol. The fraction of sp³-hybridized carbons (Fsp3) is 0.727. The first kappa shape index (κ1) is 14.0. The number of hydrogen-bond donors (Lipinski definition) is 0. The van der Waals surface area contributed by atoms with Gasteiger partial charge in [-0.15, -0.1) is 5.10 Å². The maximum absolute atomic E-state index is 11.5. The predicted octanol–water partition coefficient (Wildman–Crippen LogP) is 1.32. The van der Waals surface area contributed by atoms with Crippen molar-refractivity contribution in [1.82, 2.24) is 9.78 Å². The number of ether oxygens (including phenoxy) is 1. The van der Waals surface area contributed by atoms with Crippen molar-refractivity contribution in [2.75, 3.05) is 12.4 Å². The van der Waals surface area contributed by atoms with Crippen molar-refractivity contribution in [3.63, 3.8) is 0 Å². The van der Waals surface area contributed by atoms with Crippen LogP contribution in [-0.2, 0) is 16.9 Å². The van der Waals surface area contributed by atoms with Gasteiger partial charge in [-0.25, -0.2) is 8.42 Å². The molecule has 0 radical (unpaired) electrons. The SMILES string of the molecule is Cc1cc(OCCCS(=O)(=O)C(C)C)nn1C. The van der Waals surface area contributed by atoms with Crippen LogP contribution in [0.4, 0.5) is 0 Å². The molecular weight excluding hydrogens is 240 g/mol. The summed E-state index contributed by atoms with van der Waals surface area (Å²) in [5.74, 6) is 0.711. The molecule has 0 saturated carbocycles. The van der Waals surface area contributed by atoms with Gasteiger partial charge in [0, 0.05) is 18.8 Å². The van der Waals surface area contributed by atoms with Gasteiger partial charge >= 0.3 is 0 Å². The van der Waals surface area contributed by atoms with E-state index in [1.807, 2.05) is 20.0 Å².